The highest BCUT2D eigenvalue weighted by molar-refractivity contribution is 7.80. The van der Waals surface area contributed by atoms with Gasteiger partial charge >= 0.3 is 0 Å². The van der Waals surface area contributed by atoms with Crippen LogP contribution in [-0.2, 0) is 9.47 Å². The Morgan fingerprint density at radius 1 is 1.40 bits per heavy atom. The molecule has 0 radical (unpaired) electrons. The molecule has 90 valence electrons. The largest absolute Gasteiger partial charge is 0.392 e. The van der Waals surface area contributed by atoms with Crippen LogP contribution in [0.15, 0.2) is 0 Å². The molecule has 0 amide bonds. The molecular weight excluding hydrogens is 212 g/mol. The van der Waals surface area contributed by atoms with Crippen LogP contribution in [0.4, 0.5) is 0 Å². The molecular formula is C10H22N2O2S. The number of methoxy groups -OCH3 is 1. The summed E-state index contributed by atoms with van der Waals surface area (Å²) >= 11 is 4.92. The van der Waals surface area contributed by atoms with Crippen molar-refractivity contribution >= 4 is 17.2 Å². The average molecular weight is 234 g/mol. The minimum Gasteiger partial charge on any atom is -0.392 e. The van der Waals surface area contributed by atoms with Crippen molar-refractivity contribution in [2.24, 2.45) is 5.73 Å². The lowest BCUT2D eigenvalue weighted by Gasteiger charge is -2.23. The van der Waals surface area contributed by atoms with Crippen molar-refractivity contribution in [1.29, 1.82) is 0 Å². The molecule has 2 N–H and O–H groups in total. The van der Waals surface area contributed by atoms with Crippen LogP contribution in [-0.4, -0.2) is 56.5 Å². The molecule has 0 rings (SSSR count). The highest BCUT2D eigenvalue weighted by Crippen LogP contribution is 1.97. The third kappa shape index (κ3) is 7.67. The van der Waals surface area contributed by atoms with Gasteiger partial charge in [0.2, 0.25) is 0 Å². The van der Waals surface area contributed by atoms with E-state index in [9.17, 15) is 0 Å². The van der Waals surface area contributed by atoms with Crippen molar-refractivity contribution in [2.45, 2.75) is 19.4 Å². The van der Waals surface area contributed by atoms with Crippen molar-refractivity contribution in [3.05, 3.63) is 0 Å². The van der Waals surface area contributed by atoms with Gasteiger partial charge in [-0.15, -0.1) is 0 Å². The second-order valence-electron chi connectivity index (χ2n) is 3.52. The second kappa shape index (κ2) is 9.03. The highest BCUT2D eigenvalue weighted by atomic mass is 32.1. The van der Waals surface area contributed by atoms with Crippen LogP contribution in [0, 0.1) is 0 Å². The minimum absolute atomic E-state index is 0.152. The van der Waals surface area contributed by atoms with Crippen molar-refractivity contribution in [2.75, 3.05) is 40.5 Å². The number of nitrogens with two attached hydrogens (primary N) is 1. The summed E-state index contributed by atoms with van der Waals surface area (Å²) in [6.07, 6.45) is 0.979. The zero-order valence-corrected chi connectivity index (χ0v) is 10.7. The fourth-order valence-electron chi connectivity index (χ4n) is 1.07. The smallest absolute Gasteiger partial charge is 0.0899 e. The van der Waals surface area contributed by atoms with E-state index in [4.69, 9.17) is 27.4 Å². The summed E-state index contributed by atoms with van der Waals surface area (Å²) in [5, 5.41) is 0. The van der Waals surface area contributed by atoms with Crippen molar-refractivity contribution in [1.82, 2.24) is 4.90 Å². The van der Waals surface area contributed by atoms with Gasteiger partial charge < -0.3 is 15.2 Å². The van der Waals surface area contributed by atoms with Gasteiger partial charge in [-0.1, -0.05) is 12.2 Å². The SMILES string of the molecule is COCCOCCCN(C)C(C)C(N)=S. The van der Waals surface area contributed by atoms with Crippen LogP contribution in [0.5, 0.6) is 0 Å². The average Bonchev–Trinajstić information content (AvgIpc) is 2.21. The molecule has 1 atom stereocenters. The van der Waals surface area contributed by atoms with Gasteiger partial charge in [-0.3, -0.25) is 4.90 Å². The summed E-state index contributed by atoms with van der Waals surface area (Å²) < 4.78 is 10.2. The van der Waals surface area contributed by atoms with Gasteiger partial charge in [0.1, 0.15) is 0 Å². The predicted molar refractivity (Wildman–Crippen MR) is 66.2 cm³/mol. The normalized spacial score (nSPS) is 13.1. The summed E-state index contributed by atoms with van der Waals surface area (Å²) in [6.45, 7) is 5.00. The number of nitrogens with zero attached hydrogens (tertiary/aromatic N) is 1. The van der Waals surface area contributed by atoms with E-state index in [0.29, 0.717) is 18.2 Å². The number of thiocarbonyl (C=S) groups is 1. The van der Waals surface area contributed by atoms with E-state index < -0.39 is 0 Å². The lowest BCUT2D eigenvalue weighted by Crippen LogP contribution is -2.39. The van der Waals surface area contributed by atoms with Crippen LogP contribution in [0.3, 0.4) is 0 Å². The van der Waals surface area contributed by atoms with E-state index in [1.807, 2.05) is 14.0 Å². The van der Waals surface area contributed by atoms with Crippen molar-refractivity contribution in [3.63, 3.8) is 0 Å². The number of ether oxygens (including phenoxy) is 2. The summed E-state index contributed by atoms with van der Waals surface area (Å²) in [7, 11) is 3.68. The maximum atomic E-state index is 5.55. The Labute approximate surface area is 97.7 Å². The fraction of sp³-hybridized carbons (Fsp3) is 0.900. The summed E-state index contributed by atoms with van der Waals surface area (Å²) in [5.41, 5.74) is 5.55. The molecule has 0 aromatic rings. The lowest BCUT2D eigenvalue weighted by molar-refractivity contribution is 0.0658. The Balaban J connectivity index is 3.38. The monoisotopic (exact) mass is 234 g/mol. The van der Waals surface area contributed by atoms with Crippen molar-refractivity contribution < 1.29 is 9.47 Å². The highest BCUT2D eigenvalue weighted by Gasteiger charge is 2.10. The first-order chi connectivity index (χ1) is 7.09. The molecule has 0 aliphatic carbocycles. The summed E-state index contributed by atoms with van der Waals surface area (Å²) in [5.74, 6) is 0. The van der Waals surface area contributed by atoms with Crippen LogP contribution >= 0.6 is 12.2 Å². The van der Waals surface area contributed by atoms with Crippen LogP contribution in [0.2, 0.25) is 0 Å². The van der Waals surface area contributed by atoms with E-state index in [1.54, 1.807) is 7.11 Å². The van der Waals surface area contributed by atoms with Crippen LogP contribution in [0.1, 0.15) is 13.3 Å². The first-order valence-electron chi connectivity index (χ1n) is 5.15. The third-order valence-corrected chi connectivity index (χ3v) is 2.65. The number of likely N-dealkylation sites (N-methyl/N-ethyl adjacent to an activating group) is 1. The Morgan fingerprint density at radius 2 is 2.07 bits per heavy atom. The van der Waals surface area contributed by atoms with Crippen LogP contribution in [0.25, 0.3) is 0 Å². The molecule has 4 nitrogen and oxygen atoms in total. The van der Waals surface area contributed by atoms with Crippen molar-refractivity contribution in [3.8, 4) is 0 Å². The summed E-state index contributed by atoms with van der Waals surface area (Å²) in [6, 6.07) is 0.152. The molecule has 5 heteroatoms. The second-order valence-corrected chi connectivity index (χ2v) is 3.99. The number of rotatable bonds is 9. The number of hydrogen-bond acceptors (Lipinski definition) is 4. The van der Waals surface area contributed by atoms with E-state index in [1.165, 1.54) is 0 Å². The van der Waals surface area contributed by atoms with E-state index in [2.05, 4.69) is 4.90 Å². The minimum atomic E-state index is 0.152. The van der Waals surface area contributed by atoms with Gasteiger partial charge in [-0.2, -0.15) is 0 Å². The topological polar surface area (TPSA) is 47.7 Å². The molecule has 0 heterocycles. The maximum absolute atomic E-state index is 5.55. The van der Waals surface area contributed by atoms with Gasteiger partial charge in [0, 0.05) is 20.3 Å². The molecule has 0 aliphatic rings. The molecule has 0 saturated heterocycles. The molecule has 0 bridgehead atoms. The van der Waals surface area contributed by atoms with Gasteiger partial charge in [0.05, 0.1) is 24.2 Å². The Kier molecular flexibility index (Phi) is 8.89. The van der Waals surface area contributed by atoms with Gasteiger partial charge in [0.15, 0.2) is 0 Å². The van der Waals surface area contributed by atoms with E-state index >= 15 is 0 Å². The molecule has 0 saturated carbocycles. The Hall–Kier alpha value is -0.230. The Bertz CT molecular complexity index is 179. The van der Waals surface area contributed by atoms with Gasteiger partial charge in [-0.05, 0) is 20.4 Å². The zero-order valence-electron chi connectivity index (χ0n) is 9.86. The molecule has 0 fully saturated rings. The molecule has 0 aromatic carbocycles. The molecule has 1 unspecified atom stereocenters. The molecule has 0 aromatic heterocycles. The van der Waals surface area contributed by atoms with Crippen LogP contribution < -0.4 is 5.73 Å². The molecule has 15 heavy (non-hydrogen) atoms. The van der Waals surface area contributed by atoms with Gasteiger partial charge in [0.25, 0.3) is 0 Å². The first kappa shape index (κ1) is 14.8. The Morgan fingerprint density at radius 3 is 2.60 bits per heavy atom. The quantitative estimate of drug-likeness (QED) is 0.469. The first-order valence-corrected chi connectivity index (χ1v) is 5.56. The van der Waals surface area contributed by atoms with E-state index in [-0.39, 0.29) is 6.04 Å². The maximum Gasteiger partial charge on any atom is 0.0899 e. The zero-order chi connectivity index (χ0) is 11.7. The third-order valence-electron chi connectivity index (χ3n) is 2.30. The summed E-state index contributed by atoms with van der Waals surface area (Å²) in [4.78, 5) is 2.67. The lowest BCUT2D eigenvalue weighted by atomic mass is 10.3. The van der Waals surface area contributed by atoms with E-state index in [0.717, 1.165) is 19.6 Å². The fourth-order valence-corrected chi connectivity index (χ4v) is 1.25. The molecule has 0 aliphatic heterocycles. The number of hydrogen-bond donors (Lipinski definition) is 1. The standard InChI is InChI=1S/C10H22N2O2S/c1-9(10(11)15)12(2)5-4-6-14-8-7-13-3/h9H,4-8H2,1-3H3,(H2,11,15). The van der Waals surface area contributed by atoms with Gasteiger partial charge in [-0.25, -0.2) is 0 Å². The molecule has 0 spiro atoms. The predicted octanol–water partition coefficient (Wildman–Crippen LogP) is 0.646.